The number of hydrogen-bond acceptors (Lipinski definition) is 7. The molecule has 0 bridgehead atoms. The van der Waals surface area contributed by atoms with Crippen molar-refractivity contribution >= 4 is 64.3 Å². The molecule has 2 N–H and O–H groups in total. The average Bonchev–Trinajstić information content (AvgIpc) is 2.24. The summed E-state index contributed by atoms with van der Waals surface area (Å²) < 4.78 is 0. The second-order valence-corrected chi connectivity index (χ2v) is 4.33. The highest BCUT2D eigenvalue weighted by atomic mass is 35.5. The molecule has 0 spiro atoms. The quantitative estimate of drug-likeness (QED) is 0.848. The smallest absolute Gasteiger partial charge is 0.276 e. The summed E-state index contributed by atoms with van der Waals surface area (Å²) in [5, 5.41) is 3.79. The van der Waals surface area contributed by atoms with Crippen LogP contribution in [0.2, 0.25) is 21.1 Å². The maximum atomic E-state index is 11.6. The molecule has 9 nitrogen and oxygen atoms in total. The molecule has 0 atom stereocenters. The number of hydrogen-bond donors (Lipinski definition) is 2. The van der Waals surface area contributed by atoms with Gasteiger partial charge in [-0.2, -0.15) is 29.9 Å². The van der Waals surface area contributed by atoms with Crippen molar-refractivity contribution in [2.75, 3.05) is 10.6 Å². The highest BCUT2D eigenvalue weighted by molar-refractivity contribution is 6.31. The summed E-state index contributed by atoms with van der Waals surface area (Å²) in [7, 11) is 0. The summed E-state index contributed by atoms with van der Waals surface area (Å²) in [6.45, 7) is 0. The topological polar surface area (TPSA) is 118 Å². The molecule has 0 saturated carbocycles. The van der Waals surface area contributed by atoms with Crippen molar-refractivity contribution in [3.8, 4) is 0 Å². The number of anilines is 2. The number of carbonyl (C=O) groups excluding carboxylic acids is 1. The van der Waals surface area contributed by atoms with E-state index in [0.29, 0.717) is 0 Å². The Bertz CT molecular complexity index is 571. The van der Waals surface area contributed by atoms with Gasteiger partial charge in [-0.15, -0.1) is 0 Å². The van der Waals surface area contributed by atoms with E-state index < -0.39 is 6.03 Å². The fraction of sp³-hybridized carbons (Fsp3) is 0. The largest absolute Gasteiger partial charge is 0.328 e. The van der Waals surface area contributed by atoms with Crippen LogP contribution in [0.1, 0.15) is 0 Å². The highest BCUT2D eigenvalue weighted by Crippen LogP contribution is 2.11. The molecule has 0 saturated heterocycles. The maximum absolute atomic E-state index is 11.6. The van der Waals surface area contributed by atoms with Crippen molar-refractivity contribution in [2.45, 2.75) is 0 Å². The minimum absolute atomic E-state index is 0.154. The third-order valence-corrected chi connectivity index (χ3v) is 2.29. The molecule has 2 heterocycles. The lowest BCUT2D eigenvalue weighted by Gasteiger charge is -2.05. The molecule has 0 aliphatic heterocycles. The first kappa shape index (κ1) is 14.9. The Morgan fingerprint density at radius 3 is 1.25 bits per heavy atom. The predicted octanol–water partition coefficient (Wildman–Crippen LogP) is 2.31. The number of urea groups is 1. The Hall–Kier alpha value is -1.55. The van der Waals surface area contributed by atoms with Crippen LogP contribution in [-0.2, 0) is 0 Å². The van der Waals surface area contributed by atoms with Crippen molar-refractivity contribution in [2.24, 2.45) is 0 Å². The summed E-state index contributed by atoms with van der Waals surface area (Å²) in [6, 6.07) is -0.762. The fourth-order valence-corrected chi connectivity index (χ4v) is 1.72. The van der Waals surface area contributed by atoms with Gasteiger partial charge in [0.25, 0.3) is 0 Å². The van der Waals surface area contributed by atoms with Gasteiger partial charge in [0.15, 0.2) is 0 Å². The predicted molar refractivity (Wildman–Crippen MR) is 72.3 cm³/mol. The zero-order valence-corrected chi connectivity index (χ0v) is 12.1. The van der Waals surface area contributed by atoms with Gasteiger partial charge in [-0.3, -0.25) is 10.6 Å². The molecule has 0 aliphatic rings. The number of rotatable bonds is 2. The van der Waals surface area contributed by atoms with E-state index in [4.69, 9.17) is 46.4 Å². The molecule has 0 radical (unpaired) electrons. The molecule has 20 heavy (non-hydrogen) atoms. The van der Waals surface area contributed by atoms with Gasteiger partial charge in [0.1, 0.15) is 0 Å². The first-order valence-corrected chi connectivity index (χ1v) is 6.16. The van der Waals surface area contributed by atoms with Crippen molar-refractivity contribution in [3.63, 3.8) is 0 Å². The molecule has 0 fully saturated rings. The molecule has 104 valence electrons. The van der Waals surface area contributed by atoms with Crippen LogP contribution in [0.15, 0.2) is 0 Å². The first-order chi connectivity index (χ1) is 9.42. The van der Waals surface area contributed by atoms with E-state index in [1.807, 2.05) is 0 Å². The van der Waals surface area contributed by atoms with Gasteiger partial charge in [0.05, 0.1) is 0 Å². The number of nitrogens with one attached hydrogen (secondary N) is 2. The third kappa shape index (κ3) is 4.23. The zero-order valence-electron chi connectivity index (χ0n) is 9.10. The van der Waals surface area contributed by atoms with Crippen LogP contribution in [0.5, 0.6) is 0 Å². The SMILES string of the molecule is O=C(Nc1nc(Cl)nc(Cl)n1)Nc1nc(Cl)nc(Cl)n1. The van der Waals surface area contributed by atoms with Gasteiger partial charge in [0, 0.05) is 0 Å². The minimum atomic E-state index is -0.762. The number of aromatic nitrogens is 6. The van der Waals surface area contributed by atoms with Crippen LogP contribution < -0.4 is 10.6 Å². The van der Waals surface area contributed by atoms with Crippen molar-refractivity contribution in [1.29, 1.82) is 0 Å². The van der Waals surface area contributed by atoms with Crippen molar-refractivity contribution in [3.05, 3.63) is 21.1 Å². The normalized spacial score (nSPS) is 10.2. The van der Waals surface area contributed by atoms with Gasteiger partial charge in [-0.05, 0) is 46.4 Å². The lowest BCUT2D eigenvalue weighted by Crippen LogP contribution is -2.22. The summed E-state index contributed by atoms with van der Waals surface area (Å²) in [5.41, 5.74) is 0. The summed E-state index contributed by atoms with van der Waals surface area (Å²) in [5.74, 6) is -0.308. The number of amides is 2. The Morgan fingerprint density at radius 1 is 0.650 bits per heavy atom. The zero-order chi connectivity index (χ0) is 14.7. The molecule has 0 unspecified atom stereocenters. The van der Waals surface area contributed by atoms with Crippen LogP contribution in [-0.4, -0.2) is 35.9 Å². The monoisotopic (exact) mass is 354 g/mol. The van der Waals surface area contributed by atoms with Gasteiger partial charge >= 0.3 is 6.03 Å². The number of carbonyl (C=O) groups is 1. The first-order valence-electron chi connectivity index (χ1n) is 4.64. The fourth-order valence-electron chi connectivity index (χ4n) is 0.998. The molecular weight excluding hydrogens is 354 g/mol. The molecule has 2 aromatic rings. The summed E-state index contributed by atoms with van der Waals surface area (Å²) >= 11 is 22.2. The minimum Gasteiger partial charge on any atom is -0.276 e. The van der Waals surface area contributed by atoms with Crippen molar-refractivity contribution in [1.82, 2.24) is 29.9 Å². The summed E-state index contributed by atoms with van der Waals surface area (Å²) in [4.78, 5) is 33.2. The Kier molecular flexibility index (Phi) is 4.65. The van der Waals surface area contributed by atoms with E-state index in [-0.39, 0.29) is 33.0 Å². The maximum Gasteiger partial charge on any atom is 0.328 e. The molecule has 2 aromatic heterocycles. The standard InChI is InChI=1S/C7H2Cl4N8O/c8-1-12-2(9)15-5(14-1)18-7(20)19-6-16-3(10)13-4(11)17-6/h(H2,12,13,14,15,16,17,18,19,20). The number of halogens is 4. The van der Waals surface area contributed by atoms with Crippen LogP contribution in [0, 0.1) is 0 Å². The van der Waals surface area contributed by atoms with Gasteiger partial charge < -0.3 is 0 Å². The second kappa shape index (κ2) is 6.27. The van der Waals surface area contributed by atoms with Crippen LogP contribution in [0.3, 0.4) is 0 Å². The van der Waals surface area contributed by atoms with E-state index in [2.05, 4.69) is 40.5 Å². The van der Waals surface area contributed by atoms with E-state index in [9.17, 15) is 4.79 Å². The summed E-state index contributed by atoms with van der Waals surface area (Å²) in [6.07, 6.45) is 0. The third-order valence-electron chi connectivity index (χ3n) is 1.61. The van der Waals surface area contributed by atoms with Crippen LogP contribution >= 0.6 is 46.4 Å². The van der Waals surface area contributed by atoms with Gasteiger partial charge in [-0.1, -0.05) is 0 Å². The Morgan fingerprint density at radius 2 is 0.950 bits per heavy atom. The van der Waals surface area contributed by atoms with Crippen molar-refractivity contribution < 1.29 is 4.79 Å². The van der Waals surface area contributed by atoms with Crippen LogP contribution in [0.4, 0.5) is 16.7 Å². The Labute approximate surface area is 131 Å². The van der Waals surface area contributed by atoms with E-state index in [1.54, 1.807) is 0 Å². The molecule has 0 aromatic carbocycles. The lowest BCUT2D eigenvalue weighted by atomic mass is 10.8. The van der Waals surface area contributed by atoms with Crippen LogP contribution in [0.25, 0.3) is 0 Å². The van der Waals surface area contributed by atoms with Gasteiger partial charge in [0.2, 0.25) is 33.0 Å². The van der Waals surface area contributed by atoms with Gasteiger partial charge in [-0.25, -0.2) is 4.79 Å². The number of nitrogens with zero attached hydrogens (tertiary/aromatic N) is 6. The second-order valence-electron chi connectivity index (χ2n) is 2.97. The highest BCUT2D eigenvalue weighted by Gasteiger charge is 2.10. The molecular formula is C7H2Cl4N8O. The lowest BCUT2D eigenvalue weighted by molar-refractivity contribution is 0.262. The molecule has 2 rings (SSSR count). The van der Waals surface area contributed by atoms with E-state index >= 15 is 0 Å². The van der Waals surface area contributed by atoms with E-state index in [0.717, 1.165) is 0 Å². The molecule has 2 amide bonds. The van der Waals surface area contributed by atoms with E-state index in [1.165, 1.54) is 0 Å². The Balaban J connectivity index is 2.08. The average molecular weight is 356 g/mol. The molecule has 13 heteroatoms. The molecule has 0 aliphatic carbocycles.